The zero-order chi connectivity index (χ0) is 47.9. The van der Waals surface area contributed by atoms with Crippen molar-refractivity contribution in [2.75, 3.05) is 4.90 Å². The van der Waals surface area contributed by atoms with Crippen molar-refractivity contribution in [1.29, 1.82) is 0 Å². The van der Waals surface area contributed by atoms with Crippen LogP contribution in [0.3, 0.4) is 0 Å². The SMILES string of the molecule is C/C(=C\C=C(c1ccccc1)c1ccccc1)c1ccc(N(c2ccc(/C(C)=C/C=C(c3ccccc3)c3ccccc3)cc2)c2ccc(/C(C)=C/C=C(c3ccccc3)c3ccccc3)cc2)cc1. The van der Waals surface area contributed by atoms with Gasteiger partial charge in [0.15, 0.2) is 0 Å². The van der Waals surface area contributed by atoms with Crippen LogP contribution in [-0.2, 0) is 0 Å². The van der Waals surface area contributed by atoms with Crippen LogP contribution < -0.4 is 4.90 Å². The van der Waals surface area contributed by atoms with E-state index < -0.39 is 0 Å². The van der Waals surface area contributed by atoms with Gasteiger partial charge in [-0.05, 0) is 141 Å². The van der Waals surface area contributed by atoms with E-state index in [1.807, 2.05) is 0 Å². The Labute approximate surface area is 415 Å². The van der Waals surface area contributed by atoms with Gasteiger partial charge < -0.3 is 4.90 Å². The molecule has 0 N–H and O–H groups in total. The van der Waals surface area contributed by atoms with Crippen LogP contribution in [0.1, 0.15) is 70.8 Å². The molecule has 9 aromatic carbocycles. The first kappa shape index (κ1) is 46.3. The first-order valence-corrected chi connectivity index (χ1v) is 24.1. The van der Waals surface area contributed by atoms with E-state index in [9.17, 15) is 0 Å². The molecule has 1 nitrogen and oxygen atoms in total. The molecule has 70 heavy (non-hydrogen) atoms. The largest absolute Gasteiger partial charge is 0.311 e. The van der Waals surface area contributed by atoms with Gasteiger partial charge in [0, 0.05) is 17.1 Å². The van der Waals surface area contributed by atoms with Gasteiger partial charge in [-0.2, -0.15) is 0 Å². The molecule has 0 atom stereocenters. The minimum atomic E-state index is 1.08. The van der Waals surface area contributed by atoms with Gasteiger partial charge in [0.2, 0.25) is 0 Å². The van der Waals surface area contributed by atoms with Crippen LogP contribution in [0.25, 0.3) is 33.4 Å². The molecule has 0 amide bonds. The second-order valence-electron chi connectivity index (χ2n) is 17.5. The highest BCUT2D eigenvalue weighted by atomic mass is 15.1. The van der Waals surface area contributed by atoms with E-state index in [0.717, 1.165) is 17.1 Å². The standard InChI is InChI=1S/C69H57N/c1-52(34-49-67(58-22-10-4-11-23-58)59-24-12-5-13-25-59)55-37-43-64(44-38-55)70(65-45-39-56(40-46-65)53(2)35-50-68(60-26-14-6-15-27-60)61-28-16-7-17-29-61)66-47-41-57(42-48-66)54(3)36-51-69(62-30-18-8-19-31-62)63-32-20-9-21-33-63/h4-51H,1-3H3/b52-34+,53-35+,54-36+. The van der Waals surface area contributed by atoms with Gasteiger partial charge in [0.1, 0.15) is 0 Å². The maximum Gasteiger partial charge on any atom is 0.0462 e. The van der Waals surface area contributed by atoms with Gasteiger partial charge in [0.05, 0.1) is 0 Å². The van der Waals surface area contributed by atoms with Crippen LogP contribution in [0.15, 0.2) is 291 Å². The molecule has 0 aromatic heterocycles. The fourth-order valence-electron chi connectivity index (χ4n) is 8.76. The number of anilines is 3. The predicted molar refractivity (Wildman–Crippen MR) is 302 cm³/mol. The van der Waals surface area contributed by atoms with E-state index in [1.165, 1.54) is 83.5 Å². The summed E-state index contributed by atoms with van der Waals surface area (Å²) in [6.07, 6.45) is 13.4. The Morgan fingerprint density at radius 3 is 0.586 bits per heavy atom. The molecule has 0 saturated heterocycles. The van der Waals surface area contributed by atoms with Gasteiger partial charge in [-0.25, -0.2) is 0 Å². The molecular weight excluding hydrogens is 843 g/mol. The molecule has 0 aliphatic carbocycles. The number of hydrogen-bond donors (Lipinski definition) is 0. The zero-order valence-electron chi connectivity index (χ0n) is 40.2. The van der Waals surface area contributed by atoms with Crippen LogP contribution >= 0.6 is 0 Å². The maximum atomic E-state index is 2.35. The topological polar surface area (TPSA) is 3.24 Å². The van der Waals surface area contributed by atoms with Crippen LogP contribution in [0.5, 0.6) is 0 Å². The zero-order valence-corrected chi connectivity index (χ0v) is 40.2. The summed E-state index contributed by atoms with van der Waals surface area (Å²) in [7, 11) is 0. The summed E-state index contributed by atoms with van der Waals surface area (Å²) in [4.78, 5) is 2.35. The third kappa shape index (κ3) is 11.5. The Kier molecular flexibility index (Phi) is 15.1. The molecule has 1 heteroatoms. The van der Waals surface area contributed by atoms with Crippen LogP contribution in [-0.4, -0.2) is 0 Å². The molecule has 9 aromatic rings. The summed E-state index contributed by atoms with van der Waals surface area (Å²) >= 11 is 0. The highest BCUT2D eigenvalue weighted by Crippen LogP contribution is 2.37. The van der Waals surface area contributed by atoms with Crippen molar-refractivity contribution in [3.05, 3.63) is 341 Å². The Balaban J connectivity index is 1.04. The lowest BCUT2D eigenvalue weighted by molar-refractivity contribution is 1.27. The summed E-state index contributed by atoms with van der Waals surface area (Å²) < 4.78 is 0. The Morgan fingerprint density at radius 2 is 0.400 bits per heavy atom. The van der Waals surface area contributed by atoms with E-state index in [4.69, 9.17) is 0 Å². The lowest BCUT2D eigenvalue weighted by Crippen LogP contribution is -2.10. The van der Waals surface area contributed by atoms with Crippen LogP contribution in [0.4, 0.5) is 17.1 Å². The van der Waals surface area contributed by atoms with Crippen molar-refractivity contribution in [3.63, 3.8) is 0 Å². The monoisotopic (exact) mass is 899 g/mol. The van der Waals surface area contributed by atoms with Crippen molar-refractivity contribution < 1.29 is 0 Å². The molecule has 0 unspecified atom stereocenters. The van der Waals surface area contributed by atoms with E-state index in [1.54, 1.807) is 0 Å². The first-order chi connectivity index (χ1) is 34.5. The molecule has 338 valence electrons. The van der Waals surface area contributed by atoms with E-state index in [2.05, 4.69) is 317 Å². The Bertz CT molecular complexity index is 2800. The average molecular weight is 900 g/mol. The van der Waals surface area contributed by atoms with Crippen molar-refractivity contribution in [2.24, 2.45) is 0 Å². The van der Waals surface area contributed by atoms with Gasteiger partial charge >= 0.3 is 0 Å². The first-order valence-electron chi connectivity index (χ1n) is 24.1. The number of benzene rings is 9. The molecule has 0 heterocycles. The molecule has 0 bridgehead atoms. The molecule has 0 radical (unpaired) electrons. The molecule has 0 saturated carbocycles. The number of allylic oxidation sites excluding steroid dienone is 9. The summed E-state index contributed by atoms with van der Waals surface area (Å²) in [5.41, 5.74) is 21.1. The second-order valence-corrected chi connectivity index (χ2v) is 17.5. The smallest absolute Gasteiger partial charge is 0.0462 e. The number of hydrogen-bond acceptors (Lipinski definition) is 1. The van der Waals surface area contributed by atoms with Gasteiger partial charge in [-0.1, -0.05) is 255 Å². The molecule has 0 aliphatic heterocycles. The lowest BCUT2D eigenvalue weighted by atomic mass is 9.96. The summed E-state index contributed by atoms with van der Waals surface area (Å²) in [6, 6.07) is 90.6. The van der Waals surface area contributed by atoms with Gasteiger partial charge in [-0.15, -0.1) is 0 Å². The number of rotatable bonds is 15. The summed E-state index contributed by atoms with van der Waals surface area (Å²) in [6.45, 7) is 6.57. The van der Waals surface area contributed by atoms with Gasteiger partial charge in [0.25, 0.3) is 0 Å². The fourth-order valence-corrected chi connectivity index (χ4v) is 8.76. The van der Waals surface area contributed by atoms with Crippen molar-refractivity contribution in [3.8, 4) is 0 Å². The quantitative estimate of drug-likeness (QED) is 0.0927. The normalized spacial score (nSPS) is 11.6. The molecule has 0 fully saturated rings. The second kappa shape index (κ2) is 22.8. The Morgan fingerprint density at radius 1 is 0.214 bits per heavy atom. The summed E-state index contributed by atoms with van der Waals surface area (Å²) in [5.74, 6) is 0. The fraction of sp³-hybridized carbons (Fsp3) is 0.0435. The average Bonchev–Trinajstić information content (AvgIpc) is 3.43. The molecule has 0 aliphatic rings. The molecule has 0 spiro atoms. The molecule has 9 rings (SSSR count). The predicted octanol–water partition coefficient (Wildman–Crippen LogP) is 18.8. The van der Waals surface area contributed by atoms with Gasteiger partial charge in [-0.3, -0.25) is 0 Å². The Hall–Kier alpha value is -8.78. The van der Waals surface area contributed by atoms with Crippen molar-refractivity contribution in [1.82, 2.24) is 0 Å². The van der Waals surface area contributed by atoms with Crippen molar-refractivity contribution in [2.45, 2.75) is 20.8 Å². The summed E-state index contributed by atoms with van der Waals surface area (Å²) in [5, 5.41) is 0. The van der Waals surface area contributed by atoms with Crippen LogP contribution in [0, 0.1) is 0 Å². The van der Waals surface area contributed by atoms with Crippen LogP contribution in [0.2, 0.25) is 0 Å². The van der Waals surface area contributed by atoms with E-state index >= 15 is 0 Å². The highest BCUT2D eigenvalue weighted by Gasteiger charge is 2.14. The third-order valence-corrected chi connectivity index (χ3v) is 12.8. The van der Waals surface area contributed by atoms with E-state index in [0.29, 0.717) is 0 Å². The van der Waals surface area contributed by atoms with Crippen molar-refractivity contribution >= 4 is 50.5 Å². The number of nitrogens with zero attached hydrogens (tertiary/aromatic N) is 1. The lowest BCUT2D eigenvalue weighted by Gasteiger charge is -2.26. The maximum absolute atomic E-state index is 2.35. The third-order valence-electron chi connectivity index (χ3n) is 12.8. The minimum Gasteiger partial charge on any atom is -0.311 e. The highest BCUT2D eigenvalue weighted by molar-refractivity contribution is 5.86. The minimum absolute atomic E-state index is 1.08. The molecular formula is C69H57N. The van der Waals surface area contributed by atoms with E-state index in [-0.39, 0.29) is 0 Å².